The topological polar surface area (TPSA) is 85.2 Å². The summed E-state index contributed by atoms with van der Waals surface area (Å²) in [6.45, 7) is 3.90. The number of aromatic nitrogens is 2. The van der Waals surface area contributed by atoms with Crippen molar-refractivity contribution in [3.05, 3.63) is 35.7 Å². The van der Waals surface area contributed by atoms with Crippen molar-refractivity contribution in [1.82, 2.24) is 10.1 Å². The summed E-state index contributed by atoms with van der Waals surface area (Å²) in [7, 11) is 0. The molecule has 0 aliphatic carbocycles. The molecule has 2 aromatic rings. The van der Waals surface area contributed by atoms with Gasteiger partial charge in [0.2, 0.25) is 11.7 Å². The average Bonchev–Trinajstić information content (AvgIpc) is 2.86. The maximum absolute atomic E-state index is 9.87. The Labute approximate surface area is 112 Å². The summed E-state index contributed by atoms with van der Waals surface area (Å²) >= 11 is 0. The van der Waals surface area contributed by atoms with Crippen LogP contribution in [0.2, 0.25) is 0 Å². The van der Waals surface area contributed by atoms with E-state index in [4.69, 9.17) is 10.3 Å². The first-order chi connectivity index (χ1) is 9.04. The van der Waals surface area contributed by atoms with Crippen LogP contribution in [0, 0.1) is 0 Å². The smallest absolute Gasteiger partial charge is 0.229 e. The lowest BCUT2D eigenvalue weighted by Gasteiger charge is -2.17. The molecule has 5 nitrogen and oxygen atoms in total. The lowest BCUT2D eigenvalue weighted by atomic mass is 10.0. The van der Waals surface area contributed by atoms with Crippen LogP contribution in [0.15, 0.2) is 28.8 Å². The van der Waals surface area contributed by atoms with Gasteiger partial charge in [0, 0.05) is 12.1 Å². The standard InChI is InChI=1S/C14H19N3O2/c1-3-10-4-6-11(7-5-10)13-16-12(19-17-13)8-14(2,18)9-15/h4-7,18H,3,8-9,15H2,1-2H3. The highest BCUT2D eigenvalue weighted by atomic mass is 16.5. The Bertz CT molecular complexity index is 532. The van der Waals surface area contributed by atoms with Gasteiger partial charge in [0.1, 0.15) is 0 Å². The molecule has 0 bridgehead atoms. The molecule has 19 heavy (non-hydrogen) atoms. The second kappa shape index (κ2) is 5.50. The third kappa shape index (κ3) is 3.39. The first-order valence-corrected chi connectivity index (χ1v) is 6.38. The molecule has 0 aliphatic heterocycles. The van der Waals surface area contributed by atoms with E-state index in [2.05, 4.69) is 17.1 Å². The molecule has 3 N–H and O–H groups in total. The third-order valence-electron chi connectivity index (χ3n) is 3.06. The second-order valence-electron chi connectivity index (χ2n) is 4.94. The Kier molecular flexibility index (Phi) is 3.97. The maximum Gasteiger partial charge on any atom is 0.229 e. The number of nitrogens with zero attached hydrogens (tertiary/aromatic N) is 2. The van der Waals surface area contributed by atoms with Gasteiger partial charge in [-0.25, -0.2) is 0 Å². The number of hydrogen-bond acceptors (Lipinski definition) is 5. The molecule has 102 valence electrons. The van der Waals surface area contributed by atoms with Crippen LogP contribution in [0.4, 0.5) is 0 Å². The van der Waals surface area contributed by atoms with Gasteiger partial charge in [0.15, 0.2) is 0 Å². The van der Waals surface area contributed by atoms with E-state index in [9.17, 15) is 5.11 Å². The molecule has 0 amide bonds. The monoisotopic (exact) mass is 261 g/mol. The van der Waals surface area contributed by atoms with Gasteiger partial charge in [-0.1, -0.05) is 36.3 Å². The summed E-state index contributed by atoms with van der Waals surface area (Å²) in [4.78, 5) is 4.28. The highest BCUT2D eigenvalue weighted by Crippen LogP contribution is 2.18. The van der Waals surface area contributed by atoms with E-state index in [1.54, 1.807) is 6.92 Å². The zero-order chi connectivity index (χ0) is 13.9. The van der Waals surface area contributed by atoms with Gasteiger partial charge in [-0.3, -0.25) is 0 Å². The molecule has 2 rings (SSSR count). The number of rotatable bonds is 5. The molecular formula is C14H19N3O2. The van der Waals surface area contributed by atoms with Crippen LogP contribution in [0.1, 0.15) is 25.3 Å². The fourth-order valence-electron chi connectivity index (χ4n) is 1.73. The lowest BCUT2D eigenvalue weighted by molar-refractivity contribution is 0.0610. The molecule has 0 aliphatic rings. The molecule has 1 aromatic heterocycles. The van der Waals surface area contributed by atoms with Crippen LogP contribution >= 0.6 is 0 Å². The van der Waals surface area contributed by atoms with Gasteiger partial charge < -0.3 is 15.4 Å². The van der Waals surface area contributed by atoms with Crippen LogP contribution in [0.25, 0.3) is 11.4 Å². The Morgan fingerprint density at radius 2 is 2.00 bits per heavy atom. The Balaban J connectivity index is 2.16. The quantitative estimate of drug-likeness (QED) is 0.853. The molecule has 0 spiro atoms. The molecule has 5 heteroatoms. The summed E-state index contributed by atoms with van der Waals surface area (Å²) in [5.41, 5.74) is 6.61. The molecule has 1 aromatic carbocycles. The van der Waals surface area contributed by atoms with Crippen LogP contribution < -0.4 is 5.73 Å². The van der Waals surface area contributed by atoms with Crippen LogP contribution in [-0.4, -0.2) is 27.4 Å². The van der Waals surface area contributed by atoms with Crippen molar-refractivity contribution in [2.45, 2.75) is 32.3 Å². The Hall–Kier alpha value is -1.72. The van der Waals surface area contributed by atoms with Crippen molar-refractivity contribution in [2.24, 2.45) is 5.73 Å². The number of aryl methyl sites for hydroxylation is 1. The van der Waals surface area contributed by atoms with E-state index in [-0.39, 0.29) is 13.0 Å². The number of hydrogen-bond donors (Lipinski definition) is 2. The van der Waals surface area contributed by atoms with Gasteiger partial charge in [0.25, 0.3) is 0 Å². The number of benzene rings is 1. The van der Waals surface area contributed by atoms with Crippen molar-refractivity contribution >= 4 is 0 Å². The molecule has 0 saturated carbocycles. The third-order valence-corrected chi connectivity index (χ3v) is 3.06. The van der Waals surface area contributed by atoms with Crippen molar-refractivity contribution in [2.75, 3.05) is 6.54 Å². The number of nitrogens with two attached hydrogens (primary N) is 1. The van der Waals surface area contributed by atoms with E-state index >= 15 is 0 Å². The van der Waals surface area contributed by atoms with Crippen molar-refractivity contribution in [3.8, 4) is 11.4 Å². The Morgan fingerprint density at radius 1 is 1.32 bits per heavy atom. The van der Waals surface area contributed by atoms with E-state index < -0.39 is 5.60 Å². The highest BCUT2D eigenvalue weighted by molar-refractivity contribution is 5.54. The zero-order valence-electron chi connectivity index (χ0n) is 11.3. The minimum Gasteiger partial charge on any atom is -0.388 e. The molecule has 0 saturated heterocycles. The molecular weight excluding hydrogens is 242 g/mol. The van der Waals surface area contributed by atoms with Gasteiger partial charge in [-0.2, -0.15) is 4.98 Å². The van der Waals surface area contributed by atoms with Crippen LogP contribution in [0.3, 0.4) is 0 Å². The van der Waals surface area contributed by atoms with E-state index in [1.165, 1.54) is 5.56 Å². The number of aliphatic hydroxyl groups is 1. The zero-order valence-corrected chi connectivity index (χ0v) is 11.3. The normalized spacial score (nSPS) is 14.3. The predicted molar refractivity (Wildman–Crippen MR) is 72.5 cm³/mol. The molecule has 1 atom stereocenters. The van der Waals surface area contributed by atoms with Gasteiger partial charge in [-0.15, -0.1) is 0 Å². The van der Waals surface area contributed by atoms with E-state index in [1.807, 2.05) is 24.3 Å². The van der Waals surface area contributed by atoms with Crippen LogP contribution in [0.5, 0.6) is 0 Å². The second-order valence-corrected chi connectivity index (χ2v) is 4.94. The lowest BCUT2D eigenvalue weighted by Crippen LogP contribution is -2.36. The molecule has 0 radical (unpaired) electrons. The van der Waals surface area contributed by atoms with Crippen LogP contribution in [-0.2, 0) is 12.8 Å². The summed E-state index contributed by atoms with van der Waals surface area (Å²) < 4.78 is 5.14. The minimum atomic E-state index is -1.02. The predicted octanol–water partition coefficient (Wildman–Crippen LogP) is 1.55. The van der Waals surface area contributed by atoms with E-state index in [0.29, 0.717) is 11.7 Å². The summed E-state index contributed by atoms with van der Waals surface area (Å²) in [6, 6.07) is 8.02. The average molecular weight is 261 g/mol. The fourth-order valence-corrected chi connectivity index (χ4v) is 1.73. The summed E-state index contributed by atoms with van der Waals surface area (Å²) in [5, 5.41) is 13.8. The van der Waals surface area contributed by atoms with Gasteiger partial charge >= 0.3 is 0 Å². The molecule has 1 heterocycles. The van der Waals surface area contributed by atoms with Crippen molar-refractivity contribution < 1.29 is 9.63 Å². The SMILES string of the molecule is CCc1ccc(-c2noc(CC(C)(O)CN)n2)cc1. The fraction of sp³-hybridized carbons (Fsp3) is 0.429. The Morgan fingerprint density at radius 3 is 2.58 bits per heavy atom. The van der Waals surface area contributed by atoms with Crippen molar-refractivity contribution in [3.63, 3.8) is 0 Å². The first-order valence-electron chi connectivity index (χ1n) is 6.38. The van der Waals surface area contributed by atoms with Gasteiger partial charge in [-0.05, 0) is 18.9 Å². The van der Waals surface area contributed by atoms with E-state index in [0.717, 1.165) is 12.0 Å². The first kappa shape index (κ1) is 13.7. The largest absolute Gasteiger partial charge is 0.388 e. The highest BCUT2D eigenvalue weighted by Gasteiger charge is 2.22. The molecule has 1 unspecified atom stereocenters. The maximum atomic E-state index is 9.87. The van der Waals surface area contributed by atoms with Gasteiger partial charge in [0.05, 0.1) is 12.0 Å². The molecule has 0 fully saturated rings. The minimum absolute atomic E-state index is 0.149. The summed E-state index contributed by atoms with van der Waals surface area (Å²) in [5.74, 6) is 0.926. The summed E-state index contributed by atoms with van der Waals surface area (Å²) in [6.07, 6.45) is 1.25. The van der Waals surface area contributed by atoms with Crippen molar-refractivity contribution in [1.29, 1.82) is 0 Å².